The zero-order valence-corrected chi connectivity index (χ0v) is 8.16. The lowest BCUT2D eigenvalue weighted by atomic mass is 10.2. The van der Waals surface area contributed by atoms with Crippen molar-refractivity contribution in [3.05, 3.63) is 42.0 Å². The molecular weight excluding hydrogens is 212 g/mol. The van der Waals surface area contributed by atoms with Crippen LogP contribution in [0.3, 0.4) is 0 Å². The van der Waals surface area contributed by atoms with Gasteiger partial charge >= 0.3 is 5.97 Å². The molecular formula is C10H8N2O4. The van der Waals surface area contributed by atoms with Crippen LogP contribution in [0.25, 0.3) is 0 Å². The number of aromatic carboxylic acids is 1. The maximum absolute atomic E-state index is 10.6. The van der Waals surface area contributed by atoms with Crippen LogP contribution >= 0.6 is 0 Å². The quantitative estimate of drug-likeness (QED) is 0.836. The van der Waals surface area contributed by atoms with E-state index in [9.17, 15) is 4.79 Å². The van der Waals surface area contributed by atoms with Crippen LogP contribution in [0.1, 0.15) is 16.2 Å². The molecule has 6 nitrogen and oxygen atoms in total. The number of hydrogen-bond acceptors (Lipinski definition) is 5. The van der Waals surface area contributed by atoms with Crippen molar-refractivity contribution in [2.45, 2.75) is 6.61 Å². The van der Waals surface area contributed by atoms with Crippen LogP contribution in [0.4, 0.5) is 0 Å². The van der Waals surface area contributed by atoms with E-state index in [0.29, 0.717) is 11.6 Å². The number of aromatic nitrogens is 2. The Morgan fingerprint density at radius 2 is 2.12 bits per heavy atom. The highest BCUT2D eigenvalue weighted by Crippen LogP contribution is 2.13. The van der Waals surface area contributed by atoms with E-state index in [2.05, 4.69) is 14.7 Å². The van der Waals surface area contributed by atoms with Gasteiger partial charge in [0.25, 0.3) is 0 Å². The first-order valence-electron chi connectivity index (χ1n) is 4.47. The van der Waals surface area contributed by atoms with Crippen LogP contribution in [0.15, 0.2) is 35.2 Å². The van der Waals surface area contributed by atoms with E-state index in [1.807, 2.05) is 0 Å². The smallest absolute Gasteiger partial charge is 0.335 e. The van der Waals surface area contributed by atoms with Gasteiger partial charge in [0.2, 0.25) is 12.2 Å². The zero-order valence-electron chi connectivity index (χ0n) is 8.16. The molecule has 0 fully saturated rings. The van der Waals surface area contributed by atoms with Gasteiger partial charge < -0.3 is 14.4 Å². The van der Waals surface area contributed by atoms with Gasteiger partial charge in [-0.25, -0.2) is 4.79 Å². The molecule has 0 bridgehead atoms. The molecule has 0 aliphatic heterocycles. The molecule has 0 amide bonds. The number of carboxylic acids is 1. The molecule has 2 aromatic rings. The summed E-state index contributed by atoms with van der Waals surface area (Å²) in [5.41, 5.74) is 0.215. The number of nitrogens with zero attached hydrogens (tertiary/aromatic N) is 2. The van der Waals surface area contributed by atoms with Crippen molar-refractivity contribution >= 4 is 5.97 Å². The van der Waals surface area contributed by atoms with Crippen LogP contribution in [-0.2, 0) is 6.61 Å². The summed E-state index contributed by atoms with van der Waals surface area (Å²) < 4.78 is 9.84. The van der Waals surface area contributed by atoms with Crippen molar-refractivity contribution in [2.75, 3.05) is 0 Å². The van der Waals surface area contributed by atoms with Gasteiger partial charge in [-0.3, -0.25) is 0 Å². The molecule has 16 heavy (non-hydrogen) atoms. The lowest BCUT2D eigenvalue weighted by molar-refractivity contribution is 0.0697. The maximum atomic E-state index is 10.6. The minimum Gasteiger partial charge on any atom is -0.485 e. The third-order valence-corrected chi connectivity index (χ3v) is 1.88. The average molecular weight is 220 g/mol. The minimum absolute atomic E-state index is 0.183. The largest absolute Gasteiger partial charge is 0.485 e. The van der Waals surface area contributed by atoms with Gasteiger partial charge in [-0.1, -0.05) is 5.16 Å². The summed E-state index contributed by atoms with van der Waals surface area (Å²) >= 11 is 0. The molecule has 0 aliphatic rings. The Morgan fingerprint density at radius 3 is 2.69 bits per heavy atom. The fraction of sp³-hybridized carbons (Fsp3) is 0.100. The summed E-state index contributed by atoms with van der Waals surface area (Å²) in [6.45, 7) is 0.183. The Labute approximate surface area is 90.5 Å². The SMILES string of the molecule is O=C(O)c1ccc(OCc2ncon2)cc1. The van der Waals surface area contributed by atoms with Crippen LogP contribution < -0.4 is 4.74 Å². The van der Waals surface area contributed by atoms with Gasteiger partial charge in [0, 0.05) is 0 Å². The van der Waals surface area contributed by atoms with Crippen LogP contribution in [0.5, 0.6) is 5.75 Å². The molecule has 0 spiro atoms. The summed E-state index contributed by atoms with van der Waals surface area (Å²) in [4.78, 5) is 14.4. The second-order valence-corrected chi connectivity index (χ2v) is 2.97. The van der Waals surface area contributed by atoms with E-state index in [1.54, 1.807) is 12.1 Å². The van der Waals surface area contributed by atoms with E-state index < -0.39 is 5.97 Å². The van der Waals surface area contributed by atoms with Crippen LogP contribution in [0, 0.1) is 0 Å². The molecule has 82 valence electrons. The predicted molar refractivity (Wildman–Crippen MR) is 52.0 cm³/mol. The van der Waals surface area contributed by atoms with Gasteiger partial charge in [-0.15, -0.1) is 0 Å². The van der Waals surface area contributed by atoms with E-state index in [-0.39, 0.29) is 12.2 Å². The molecule has 0 saturated carbocycles. The minimum atomic E-state index is -0.968. The molecule has 1 N–H and O–H groups in total. The highest BCUT2D eigenvalue weighted by atomic mass is 16.5. The van der Waals surface area contributed by atoms with E-state index in [0.717, 1.165) is 0 Å². The number of rotatable bonds is 4. The van der Waals surface area contributed by atoms with Crippen molar-refractivity contribution in [1.29, 1.82) is 0 Å². The Morgan fingerprint density at radius 1 is 1.38 bits per heavy atom. The first-order valence-corrected chi connectivity index (χ1v) is 4.47. The molecule has 1 aromatic carbocycles. The third kappa shape index (κ3) is 2.35. The van der Waals surface area contributed by atoms with Crippen molar-refractivity contribution < 1.29 is 19.2 Å². The summed E-state index contributed by atoms with van der Waals surface area (Å²) in [6.07, 6.45) is 1.21. The fourth-order valence-corrected chi connectivity index (χ4v) is 1.10. The molecule has 1 aromatic heterocycles. The van der Waals surface area contributed by atoms with Gasteiger partial charge in [0.1, 0.15) is 5.75 Å². The molecule has 6 heteroatoms. The average Bonchev–Trinajstić information content (AvgIpc) is 2.80. The maximum Gasteiger partial charge on any atom is 0.335 e. The van der Waals surface area contributed by atoms with E-state index in [1.165, 1.54) is 18.5 Å². The van der Waals surface area contributed by atoms with Crippen LogP contribution in [0.2, 0.25) is 0 Å². The first kappa shape index (κ1) is 10.2. The Balaban J connectivity index is 1.98. The lowest BCUT2D eigenvalue weighted by Crippen LogP contribution is -1.99. The predicted octanol–water partition coefficient (Wildman–Crippen LogP) is 1.35. The third-order valence-electron chi connectivity index (χ3n) is 1.88. The number of ether oxygens (including phenoxy) is 1. The van der Waals surface area contributed by atoms with Gasteiger partial charge in [0.15, 0.2) is 6.61 Å². The molecule has 0 radical (unpaired) electrons. The number of hydrogen-bond donors (Lipinski definition) is 1. The lowest BCUT2D eigenvalue weighted by Gasteiger charge is -2.02. The number of carboxylic acid groups (broad SMARTS) is 1. The Bertz CT molecular complexity index is 464. The molecule has 0 atom stereocenters. The standard InChI is InChI=1S/C10H8N2O4/c13-10(14)7-1-3-8(4-2-7)15-5-9-11-6-16-12-9/h1-4,6H,5H2,(H,13,14). The van der Waals surface area contributed by atoms with Crippen LogP contribution in [-0.4, -0.2) is 21.2 Å². The van der Waals surface area contributed by atoms with Gasteiger partial charge in [-0.2, -0.15) is 4.98 Å². The van der Waals surface area contributed by atoms with Crippen molar-refractivity contribution in [3.63, 3.8) is 0 Å². The number of carbonyl (C=O) groups is 1. The summed E-state index contributed by atoms with van der Waals surface area (Å²) in [5, 5.41) is 12.3. The van der Waals surface area contributed by atoms with Crippen molar-refractivity contribution in [2.24, 2.45) is 0 Å². The van der Waals surface area contributed by atoms with Crippen molar-refractivity contribution in [3.8, 4) is 5.75 Å². The fourth-order valence-electron chi connectivity index (χ4n) is 1.10. The Kier molecular flexibility index (Phi) is 2.81. The van der Waals surface area contributed by atoms with E-state index in [4.69, 9.17) is 9.84 Å². The highest BCUT2D eigenvalue weighted by Gasteiger charge is 2.03. The topological polar surface area (TPSA) is 85.5 Å². The molecule has 1 heterocycles. The Hall–Kier alpha value is -2.37. The zero-order chi connectivity index (χ0) is 11.4. The van der Waals surface area contributed by atoms with Gasteiger partial charge in [-0.05, 0) is 24.3 Å². The van der Waals surface area contributed by atoms with E-state index >= 15 is 0 Å². The summed E-state index contributed by atoms with van der Waals surface area (Å²) in [5.74, 6) is 0.0156. The number of benzene rings is 1. The monoisotopic (exact) mass is 220 g/mol. The van der Waals surface area contributed by atoms with Gasteiger partial charge in [0.05, 0.1) is 5.56 Å². The van der Waals surface area contributed by atoms with Crippen molar-refractivity contribution in [1.82, 2.24) is 10.1 Å². The molecule has 0 saturated heterocycles. The molecule has 0 aliphatic carbocycles. The summed E-state index contributed by atoms with van der Waals surface area (Å²) in [7, 11) is 0. The molecule has 2 rings (SSSR count). The normalized spacial score (nSPS) is 10.0. The molecule has 0 unspecified atom stereocenters. The second kappa shape index (κ2) is 4.43. The highest BCUT2D eigenvalue weighted by molar-refractivity contribution is 5.87. The first-order chi connectivity index (χ1) is 7.75. The summed E-state index contributed by atoms with van der Waals surface area (Å²) in [6, 6.07) is 6.08. The second-order valence-electron chi connectivity index (χ2n) is 2.97.